The zero-order chi connectivity index (χ0) is 24.7. The average molecular weight is 556 g/mol. The molecule has 186 valence electrons. The molecule has 34 heavy (non-hydrogen) atoms. The average Bonchev–Trinajstić information content (AvgIpc) is 3.31. The molecule has 1 aromatic rings. The van der Waals surface area contributed by atoms with Crippen LogP contribution in [0.15, 0.2) is 22.7 Å². The van der Waals surface area contributed by atoms with Crippen LogP contribution in [0.3, 0.4) is 0 Å². The molecule has 2 unspecified atom stereocenters. The molecule has 0 aliphatic carbocycles. The molecule has 2 aliphatic rings. The Morgan fingerprint density at radius 2 is 2.18 bits per heavy atom. The van der Waals surface area contributed by atoms with E-state index in [-0.39, 0.29) is 36.1 Å². The van der Waals surface area contributed by atoms with E-state index in [0.717, 1.165) is 12.8 Å². The van der Waals surface area contributed by atoms with E-state index in [0.29, 0.717) is 42.1 Å². The fourth-order valence-corrected chi connectivity index (χ4v) is 4.31. The van der Waals surface area contributed by atoms with Gasteiger partial charge in [0.2, 0.25) is 5.91 Å². The highest BCUT2D eigenvalue weighted by atomic mass is 79.9. The van der Waals surface area contributed by atoms with Gasteiger partial charge < -0.3 is 24.4 Å². The summed E-state index contributed by atoms with van der Waals surface area (Å²) in [5.74, 6) is -0.611. The zero-order valence-electron chi connectivity index (χ0n) is 19.3. The normalized spacial score (nSPS) is 20.1. The van der Waals surface area contributed by atoms with Crippen molar-refractivity contribution < 1.29 is 28.6 Å². The minimum absolute atomic E-state index is 0.0616. The van der Waals surface area contributed by atoms with Crippen LogP contribution in [0.4, 0.5) is 0 Å². The Balaban J connectivity index is 1.64. The quantitative estimate of drug-likeness (QED) is 0.372. The molecule has 2 aliphatic heterocycles. The second-order valence-electron chi connectivity index (χ2n) is 8.63. The summed E-state index contributed by atoms with van der Waals surface area (Å²) in [7, 11) is 0. The smallest absolute Gasteiger partial charge is 0.308 e. The van der Waals surface area contributed by atoms with Crippen LogP contribution < -0.4 is 15.4 Å². The van der Waals surface area contributed by atoms with E-state index >= 15 is 0 Å². The van der Waals surface area contributed by atoms with Gasteiger partial charge in [-0.15, -0.1) is 0 Å². The molecule has 2 fully saturated rings. The number of carbonyl (C=O) groups excluding carboxylic acids is 3. The van der Waals surface area contributed by atoms with E-state index in [4.69, 9.17) is 26.4 Å². The van der Waals surface area contributed by atoms with Crippen LogP contribution in [0.1, 0.15) is 43.5 Å². The van der Waals surface area contributed by atoms with Gasteiger partial charge in [0.05, 0.1) is 24.7 Å². The van der Waals surface area contributed by atoms with Crippen LogP contribution in [-0.4, -0.2) is 72.9 Å². The minimum atomic E-state index is -0.877. The Morgan fingerprint density at radius 3 is 2.88 bits per heavy atom. The van der Waals surface area contributed by atoms with Crippen LogP contribution in [0.2, 0.25) is 0 Å². The summed E-state index contributed by atoms with van der Waals surface area (Å²) in [5, 5.41) is 5.49. The summed E-state index contributed by atoms with van der Waals surface area (Å²) in [4.78, 5) is 39.5. The monoisotopic (exact) mass is 555 g/mol. The molecule has 0 spiro atoms. The molecular formula is C23H30BrN3O6S. The molecule has 1 aromatic carbocycles. The standard InChI is InChI=1S/C23H30BrN3O6S/c1-14(2)12-32-19-6-5-15(24)10-17(19)21(29)26-23(34)27-8-7-25-22(30)18(27)11-20(28)33-13-16-4-3-9-31-16/h5-6,10,14,16,18H,3-4,7-9,11-13H2,1-2H3,(H,25,30)(H,26,29,34). The van der Waals surface area contributed by atoms with Gasteiger partial charge in [-0.25, -0.2) is 0 Å². The van der Waals surface area contributed by atoms with Crippen LogP contribution >= 0.6 is 28.1 Å². The summed E-state index contributed by atoms with van der Waals surface area (Å²) in [6.07, 6.45) is 1.50. The van der Waals surface area contributed by atoms with Crippen LogP contribution in [0, 0.1) is 5.92 Å². The zero-order valence-corrected chi connectivity index (χ0v) is 21.7. The topological polar surface area (TPSA) is 106 Å². The number of hydrogen-bond acceptors (Lipinski definition) is 7. The van der Waals surface area contributed by atoms with Crippen molar-refractivity contribution in [2.75, 3.05) is 32.9 Å². The number of carbonyl (C=O) groups is 3. The van der Waals surface area contributed by atoms with Crippen LogP contribution in [0.25, 0.3) is 0 Å². The Bertz CT molecular complexity index is 922. The summed E-state index contributed by atoms with van der Waals surface area (Å²) < 4.78 is 17.3. The van der Waals surface area contributed by atoms with E-state index in [2.05, 4.69) is 26.6 Å². The highest BCUT2D eigenvalue weighted by Gasteiger charge is 2.34. The van der Waals surface area contributed by atoms with E-state index in [1.165, 1.54) is 0 Å². The van der Waals surface area contributed by atoms with Gasteiger partial charge in [-0.05, 0) is 49.2 Å². The lowest BCUT2D eigenvalue weighted by Crippen LogP contribution is -2.60. The Labute approximate surface area is 213 Å². The number of piperazine rings is 1. The number of nitrogens with one attached hydrogen (secondary N) is 2. The van der Waals surface area contributed by atoms with Gasteiger partial charge in [-0.1, -0.05) is 29.8 Å². The fraction of sp³-hybridized carbons (Fsp3) is 0.565. The summed E-state index contributed by atoms with van der Waals surface area (Å²) >= 11 is 8.84. The third-order valence-electron chi connectivity index (χ3n) is 5.38. The maximum absolute atomic E-state index is 13.0. The second kappa shape index (κ2) is 12.5. The Hall–Kier alpha value is -2.24. The van der Waals surface area contributed by atoms with Gasteiger partial charge in [-0.3, -0.25) is 19.7 Å². The van der Waals surface area contributed by atoms with Crippen molar-refractivity contribution in [1.29, 1.82) is 0 Å². The number of ether oxygens (including phenoxy) is 3. The predicted molar refractivity (Wildman–Crippen MR) is 133 cm³/mol. The van der Waals surface area contributed by atoms with Crippen molar-refractivity contribution in [3.8, 4) is 5.75 Å². The number of thiocarbonyl (C=S) groups is 1. The van der Waals surface area contributed by atoms with Crippen LogP contribution in [-0.2, 0) is 19.1 Å². The van der Waals surface area contributed by atoms with Gasteiger partial charge in [0, 0.05) is 24.2 Å². The summed E-state index contributed by atoms with van der Waals surface area (Å²) in [6, 6.07) is 4.28. The number of hydrogen-bond donors (Lipinski definition) is 2. The Kier molecular flexibility index (Phi) is 9.66. The third-order valence-corrected chi connectivity index (χ3v) is 6.21. The van der Waals surface area contributed by atoms with E-state index in [9.17, 15) is 14.4 Å². The third kappa shape index (κ3) is 7.38. The lowest BCUT2D eigenvalue weighted by Gasteiger charge is -2.36. The van der Waals surface area contributed by atoms with E-state index in [1.54, 1.807) is 23.1 Å². The highest BCUT2D eigenvalue weighted by molar-refractivity contribution is 9.10. The first kappa shape index (κ1) is 26.4. The highest BCUT2D eigenvalue weighted by Crippen LogP contribution is 2.24. The number of amides is 2. The molecule has 2 N–H and O–H groups in total. The van der Waals surface area contributed by atoms with Gasteiger partial charge in [-0.2, -0.15) is 0 Å². The first-order valence-corrected chi connectivity index (χ1v) is 12.5. The van der Waals surface area contributed by atoms with Crippen LogP contribution in [0.5, 0.6) is 5.75 Å². The van der Waals surface area contributed by atoms with Crippen molar-refractivity contribution >= 4 is 51.0 Å². The molecule has 0 bridgehead atoms. The van der Waals surface area contributed by atoms with Crippen molar-refractivity contribution in [3.63, 3.8) is 0 Å². The molecule has 2 heterocycles. The van der Waals surface area contributed by atoms with Gasteiger partial charge in [0.1, 0.15) is 18.4 Å². The van der Waals surface area contributed by atoms with E-state index in [1.807, 2.05) is 13.8 Å². The molecule has 0 saturated carbocycles. The van der Waals surface area contributed by atoms with Gasteiger partial charge in [0.15, 0.2) is 5.11 Å². The lowest BCUT2D eigenvalue weighted by atomic mass is 10.1. The van der Waals surface area contributed by atoms with E-state index < -0.39 is 17.9 Å². The number of halogens is 1. The molecule has 0 aromatic heterocycles. The number of rotatable bonds is 8. The molecule has 2 atom stereocenters. The maximum atomic E-state index is 13.0. The first-order chi connectivity index (χ1) is 16.2. The molecule has 0 radical (unpaired) electrons. The maximum Gasteiger partial charge on any atom is 0.308 e. The number of nitrogens with zero attached hydrogens (tertiary/aromatic N) is 1. The van der Waals surface area contributed by atoms with Crippen molar-refractivity contribution in [2.24, 2.45) is 5.92 Å². The second-order valence-corrected chi connectivity index (χ2v) is 9.93. The molecule has 2 saturated heterocycles. The van der Waals surface area contributed by atoms with Crippen molar-refractivity contribution in [3.05, 3.63) is 28.2 Å². The SMILES string of the molecule is CC(C)COc1ccc(Br)cc1C(=O)NC(=S)N1CCNC(=O)C1CC(=O)OCC1CCCO1. The first-order valence-electron chi connectivity index (χ1n) is 11.3. The minimum Gasteiger partial charge on any atom is -0.492 e. The lowest BCUT2D eigenvalue weighted by molar-refractivity contribution is -0.150. The predicted octanol–water partition coefficient (Wildman–Crippen LogP) is 2.41. The molecule has 2 amide bonds. The van der Waals surface area contributed by atoms with Gasteiger partial charge >= 0.3 is 5.97 Å². The summed E-state index contributed by atoms with van der Waals surface area (Å²) in [6.45, 7) is 6.00. The molecule has 9 nitrogen and oxygen atoms in total. The number of esters is 1. The molecule has 3 rings (SSSR count). The number of benzene rings is 1. The van der Waals surface area contributed by atoms with Gasteiger partial charge in [0.25, 0.3) is 5.91 Å². The molecule has 11 heteroatoms. The fourth-order valence-electron chi connectivity index (χ4n) is 3.64. The molecular weight excluding hydrogens is 526 g/mol. The Morgan fingerprint density at radius 1 is 1.38 bits per heavy atom. The summed E-state index contributed by atoms with van der Waals surface area (Å²) in [5.41, 5.74) is 0.311. The largest absolute Gasteiger partial charge is 0.492 e. The van der Waals surface area contributed by atoms with Crippen molar-refractivity contribution in [2.45, 2.75) is 45.3 Å². The van der Waals surface area contributed by atoms with Crippen molar-refractivity contribution in [1.82, 2.24) is 15.5 Å².